The molecule has 0 bridgehead atoms. The number of anilines is 1. The topological polar surface area (TPSA) is 212 Å². The van der Waals surface area contributed by atoms with E-state index in [0.717, 1.165) is 10.2 Å². The van der Waals surface area contributed by atoms with Crippen molar-refractivity contribution in [1.82, 2.24) is 35.9 Å². The Bertz CT molecular complexity index is 1310. The van der Waals surface area contributed by atoms with Crippen molar-refractivity contribution >= 4 is 45.6 Å². The Morgan fingerprint density at radius 2 is 1.83 bits per heavy atom. The van der Waals surface area contributed by atoms with Gasteiger partial charge in [-0.2, -0.15) is 0 Å². The first-order chi connectivity index (χ1) is 17.3. The van der Waals surface area contributed by atoms with Crippen LogP contribution >= 0.6 is 15.9 Å². The number of imidazole rings is 1. The molecule has 5 rings (SSSR count). The minimum absolute atomic E-state index is 0.0513. The molecular weight excluding hydrogens is 532 g/mol. The summed E-state index contributed by atoms with van der Waals surface area (Å²) >= 11 is 3.32. The first kappa shape index (κ1) is 23.7. The number of aromatic amines is 3. The van der Waals surface area contributed by atoms with Crippen molar-refractivity contribution in [3.05, 3.63) is 58.3 Å². The summed E-state index contributed by atoms with van der Waals surface area (Å²) in [5, 5.41) is 8.46. The second-order valence-corrected chi connectivity index (χ2v) is 9.75. The fourth-order valence-corrected chi connectivity index (χ4v) is 5.54. The van der Waals surface area contributed by atoms with Gasteiger partial charge in [0.2, 0.25) is 0 Å². The Labute approximate surface area is 213 Å². The van der Waals surface area contributed by atoms with Gasteiger partial charge in [-0.3, -0.25) is 19.7 Å². The number of nitrogens with zero attached hydrogens (tertiary/aromatic N) is 2. The second kappa shape index (κ2) is 9.53. The highest BCUT2D eigenvalue weighted by atomic mass is 79.9. The molecule has 188 valence electrons. The van der Waals surface area contributed by atoms with Crippen LogP contribution in [0, 0.1) is 17.8 Å². The first-order valence-corrected chi connectivity index (χ1v) is 12.1. The molecule has 2 unspecified atom stereocenters. The summed E-state index contributed by atoms with van der Waals surface area (Å²) in [7, 11) is 0. The van der Waals surface area contributed by atoms with Crippen LogP contribution in [-0.2, 0) is 4.79 Å². The van der Waals surface area contributed by atoms with E-state index < -0.39 is 6.04 Å². The van der Waals surface area contributed by atoms with E-state index in [1.807, 2.05) is 0 Å². The predicted molar refractivity (Wildman–Crippen MR) is 134 cm³/mol. The normalized spacial score (nSPS) is 25.1. The van der Waals surface area contributed by atoms with Gasteiger partial charge in [0.15, 0.2) is 11.9 Å². The van der Waals surface area contributed by atoms with Crippen molar-refractivity contribution in [2.24, 2.45) is 28.5 Å². The molecule has 14 heteroatoms. The molecule has 5 atom stereocenters. The van der Waals surface area contributed by atoms with Crippen molar-refractivity contribution in [1.29, 1.82) is 0 Å². The number of aromatic nitrogens is 4. The Hall–Kier alpha value is -4.07. The summed E-state index contributed by atoms with van der Waals surface area (Å²) in [6.45, 7) is 0.544. The molecule has 1 saturated carbocycles. The lowest BCUT2D eigenvalue weighted by Crippen LogP contribution is -2.59. The maximum absolute atomic E-state index is 12.7. The molecule has 3 aromatic heterocycles. The van der Waals surface area contributed by atoms with Gasteiger partial charge in [0.05, 0.1) is 6.20 Å². The standard InChI is InChI=1S/C22H25BrN10O3/c23-9-4-13(27-5-9)19(35)29-7-11-10(6-28-18(34)12-2-1-3-26-12)15(14-8-30-21(24)31-14)16(11)17-20(36)33-22(25)32-17/h1-5,8,10-11,15-17,26-27H,6-7H2,(H,28,34)(H,29,35)(H3,24,30,31)(H3,25,32,33,36)/t10-,11-,15?,16+,17?/m1/s1. The lowest BCUT2D eigenvalue weighted by atomic mass is 9.53. The molecule has 36 heavy (non-hydrogen) atoms. The van der Waals surface area contributed by atoms with Crippen molar-refractivity contribution in [2.45, 2.75) is 12.0 Å². The molecule has 13 nitrogen and oxygen atoms in total. The van der Waals surface area contributed by atoms with Crippen LogP contribution in [0.25, 0.3) is 0 Å². The van der Waals surface area contributed by atoms with Crippen LogP contribution < -0.4 is 27.4 Å². The fourth-order valence-electron chi connectivity index (χ4n) is 5.20. The van der Waals surface area contributed by atoms with Gasteiger partial charge in [-0.05, 0) is 46.0 Å². The van der Waals surface area contributed by atoms with Gasteiger partial charge in [-0.15, -0.1) is 0 Å². The van der Waals surface area contributed by atoms with Crippen LogP contribution in [0.15, 0.2) is 46.3 Å². The Balaban J connectivity index is 1.41. The van der Waals surface area contributed by atoms with Gasteiger partial charge < -0.3 is 37.1 Å². The summed E-state index contributed by atoms with van der Waals surface area (Å²) in [5.41, 5.74) is 13.2. The van der Waals surface area contributed by atoms with Crippen molar-refractivity contribution in [3.8, 4) is 0 Å². The quantitative estimate of drug-likeness (QED) is 0.191. The van der Waals surface area contributed by atoms with Gasteiger partial charge in [-0.25, -0.2) is 9.98 Å². The van der Waals surface area contributed by atoms with Crippen LogP contribution in [-0.4, -0.2) is 62.7 Å². The van der Waals surface area contributed by atoms with Crippen molar-refractivity contribution in [3.63, 3.8) is 0 Å². The molecule has 1 fully saturated rings. The second-order valence-electron chi connectivity index (χ2n) is 8.84. The van der Waals surface area contributed by atoms with Crippen LogP contribution in [0.1, 0.15) is 32.6 Å². The van der Waals surface area contributed by atoms with E-state index in [2.05, 4.69) is 56.8 Å². The Kier molecular flexibility index (Phi) is 6.26. The van der Waals surface area contributed by atoms with Crippen LogP contribution in [0.4, 0.5) is 5.95 Å². The molecular formula is C22H25BrN10O3. The molecule has 0 radical (unpaired) electrons. The zero-order valence-corrected chi connectivity index (χ0v) is 20.5. The summed E-state index contributed by atoms with van der Waals surface area (Å²) < 4.78 is 0.753. The van der Waals surface area contributed by atoms with E-state index in [1.54, 1.807) is 36.8 Å². The largest absolute Gasteiger partial charge is 0.370 e. The fraction of sp³-hybridized carbons (Fsp3) is 0.318. The highest BCUT2D eigenvalue weighted by molar-refractivity contribution is 9.10. The SMILES string of the molecule is NC1=NC([C@@H]2C(c3cnc(N)[nH]3)[C@H](CNC(=O)c3ccc[nH]3)[C@H]2CNC(=O)c2cc(Br)c[nH]2)C(=O)N1. The molecule has 2 aliphatic rings. The van der Waals surface area contributed by atoms with E-state index in [1.165, 1.54) is 0 Å². The molecule has 10 N–H and O–H groups in total. The molecule has 0 aromatic carbocycles. The summed E-state index contributed by atoms with van der Waals surface area (Å²) in [6.07, 6.45) is 4.96. The highest BCUT2D eigenvalue weighted by Crippen LogP contribution is 2.54. The molecule has 0 spiro atoms. The minimum atomic E-state index is -0.753. The number of hydrogen-bond acceptors (Lipinski definition) is 7. The van der Waals surface area contributed by atoms with E-state index in [4.69, 9.17) is 11.5 Å². The highest BCUT2D eigenvalue weighted by Gasteiger charge is 2.57. The number of hydrogen-bond donors (Lipinski definition) is 8. The molecule has 3 amide bonds. The van der Waals surface area contributed by atoms with E-state index in [0.29, 0.717) is 17.9 Å². The first-order valence-electron chi connectivity index (χ1n) is 11.3. The Morgan fingerprint density at radius 3 is 2.42 bits per heavy atom. The third-order valence-corrected chi connectivity index (χ3v) is 7.25. The van der Waals surface area contributed by atoms with Gasteiger partial charge >= 0.3 is 0 Å². The van der Waals surface area contributed by atoms with Crippen LogP contribution in [0.2, 0.25) is 0 Å². The number of nitrogens with two attached hydrogens (primary N) is 2. The van der Waals surface area contributed by atoms with Gasteiger partial charge in [0, 0.05) is 47.5 Å². The summed E-state index contributed by atoms with van der Waals surface area (Å²) in [6, 6.07) is 4.34. The smallest absolute Gasteiger partial charge is 0.267 e. The lowest BCUT2D eigenvalue weighted by molar-refractivity contribution is -0.124. The van der Waals surface area contributed by atoms with Gasteiger partial charge in [0.25, 0.3) is 17.7 Å². The van der Waals surface area contributed by atoms with Crippen molar-refractivity contribution in [2.75, 3.05) is 18.8 Å². The Morgan fingerprint density at radius 1 is 1.08 bits per heavy atom. The summed E-state index contributed by atoms with van der Waals surface area (Å²) in [5.74, 6) is -1.51. The maximum Gasteiger partial charge on any atom is 0.267 e. The van der Waals surface area contributed by atoms with Crippen LogP contribution in [0.3, 0.4) is 0 Å². The van der Waals surface area contributed by atoms with Gasteiger partial charge in [0.1, 0.15) is 17.4 Å². The monoisotopic (exact) mass is 556 g/mol. The number of guanidine groups is 1. The van der Waals surface area contributed by atoms with E-state index in [9.17, 15) is 14.4 Å². The van der Waals surface area contributed by atoms with E-state index >= 15 is 0 Å². The number of H-pyrrole nitrogens is 3. The van der Waals surface area contributed by atoms with Gasteiger partial charge in [-0.1, -0.05) is 0 Å². The number of carbonyl (C=O) groups excluding carboxylic acids is 3. The third kappa shape index (κ3) is 4.46. The number of carbonyl (C=O) groups is 3. The molecule has 4 heterocycles. The maximum atomic E-state index is 12.7. The molecule has 0 saturated heterocycles. The number of amides is 3. The molecule has 3 aromatic rings. The average Bonchev–Trinajstić information content (AvgIpc) is 3.62. The predicted octanol–water partition coefficient (Wildman–Crippen LogP) is 0.0295. The van der Waals surface area contributed by atoms with E-state index in [-0.39, 0.29) is 59.8 Å². The summed E-state index contributed by atoms with van der Waals surface area (Å²) in [4.78, 5) is 55.4. The third-order valence-electron chi connectivity index (χ3n) is 6.79. The zero-order chi connectivity index (χ0) is 25.4. The number of rotatable bonds is 8. The lowest BCUT2D eigenvalue weighted by Gasteiger charge is -2.53. The number of nitrogen functional groups attached to an aromatic ring is 1. The average molecular weight is 557 g/mol. The molecule has 1 aliphatic carbocycles. The number of nitrogens with one attached hydrogen (secondary N) is 6. The van der Waals surface area contributed by atoms with Crippen molar-refractivity contribution < 1.29 is 14.4 Å². The zero-order valence-electron chi connectivity index (χ0n) is 18.9. The molecule has 1 aliphatic heterocycles. The minimum Gasteiger partial charge on any atom is -0.370 e. The number of halogens is 1. The number of aliphatic imine (C=N–C) groups is 1. The van der Waals surface area contributed by atoms with Crippen LogP contribution in [0.5, 0.6) is 0 Å².